The molecule has 0 N–H and O–H groups in total. The van der Waals surface area contributed by atoms with Gasteiger partial charge in [0.2, 0.25) is 11.8 Å². The summed E-state index contributed by atoms with van der Waals surface area (Å²) in [4.78, 5) is 27.5. The SMILES string of the molecule is O=C(Cc1nc2ncccn2n1)N1CCCC1c1noc(C2CC2)n1. The van der Waals surface area contributed by atoms with E-state index in [-0.39, 0.29) is 18.4 Å². The van der Waals surface area contributed by atoms with E-state index in [1.807, 2.05) is 4.90 Å². The van der Waals surface area contributed by atoms with Gasteiger partial charge in [0.1, 0.15) is 0 Å². The molecule has 9 heteroatoms. The molecule has 9 nitrogen and oxygen atoms in total. The minimum absolute atomic E-state index is 0.0174. The number of amides is 1. The highest BCUT2D eigenvalue weighted by Gasteiger charge is 2.36. The third kappa shape index (κ3) is 2.65. The van der Waals surface area contributed by atoms with Crippen molar-refractivity contribution < 1.29 is 9.32 Å². The molecule has 0 aromatic carbocycles. The van der Waals surface area contributed by atoms with Crippen LogP contribution in [0.25, 0.3) is 5.78 Å². The largest absolute Gasteiger partial charge is 0.339 e. The second kappa shape index (κ2) is 5.61. The van der Waals surface area contributed by atoms with Crippen LogP contribution >= 0.6 is 0 Å². The van der Waals surface area contributed by atoms with Crippen LogP contribution in [0.1, 0.15) is 55.2 Å². The fourth-order valence-electron chi connectivity index (χ4n) is 3.30. The lowest BCUT2D eigenvalue weighted by Gasteiger charge is -2.21. The van der Waals surface area contributed by atoms with Gasteiger partial charge in [0.05, 0.1) is 12.5 Å². The Kier molecular flexibility index (Phi) is 3.25. The summed E-state index contributed by atoms with van der Waals surface area (Å²) >= 11 is 0. The Labute approximate surface area is 143 Å². The van der Waals surface area contributed by atoms with E-state index in [0.29, 0.717) is 35.8 Å². The Morgan fingerprint density at radius 1 is 1.28 bits per heavy atom. The lowest BCUT2D eigenvalue weighted by Crippen LogP contribution is -2.32. The lowest BCUT2D eigenvalue weighted by molar-refractivity contribution is -0.131. The van der Waals surface area contributed by atoms with Gasteiger partial charge in [0.15, 0.2) is 11.6 Å². The summed E-state index contributed by atoms with van der Waals surface area (Å²) in [7, 11) is 0. The molecule has 1 amide bonds. The Morgan fingerprint density at radius 3 is 3.04 bits per heavy atom. The minimum atomic E-state index is -0.112. The van der Waals surface area contributed by atoms with Crippen molar-refractivity contribution in [1.82, 2.24) is 34.6 Å². The van der Waals surface area contributed by atoms with Gasteiger partial charge < -0.3 is 9.42 Å². The van der Waals surface area contributed by atoms with E-state index in [4.69, 9.17) is 4.52 Å². The molecule has 0 radical (unpaired) electrons. The summed E-state index contributed by atoms with van der Waals surface area (Å²) in [5.74, 6) is 2.70. The summed E-state index contributed by atoms with van der Waals surface area (Å²) < 4.78 is 6.93. The van der Waals surface area contributed by atoms with Crippen LogP contribution in [0.5, 0.6) is 0 Å². The summed E-state index contributed by atoms with van der Waals surface area (Å²) in [6, 6.07) is 1.66. The molecule has 1 aliphatic heterocycles. The summed E-state index contributed by atoms with van der Waals surface area (Å²) in [6.07, 6.45) is 7.58. The molecule has 2 fully saturated rings. The van der Waals surface area contributed by atoms with Gasteiger partial charge in [-0.25, -0.2) is 9.50 Å². The van der Waals surface area contributed by atoms with Gasteiger partial charge >= 0.3 is 0 Å². The predicted octanol–water partition coefficient (Wildman–Crippen LogP) is 1.29. The second-order valence-electron chi connectivity index (χ2n) is 6.58. The highest BCUT2D eigenvalue weighted by molar-refractivity contribution is 5.78. The van der Waals surface area contributed by atoms with Gasteiger partial charge in [-0.05, 0) is 31.7 Å². The van der Waals surface area contributed by atoms with E-state index in [0.717, 1.165) is 25.7 Å². The lowest BCUT2D eigenvalue weighted by atomic mass is 10.2. The number of hydrogen-bond acceptors (Lipinski definition) is 7. The highest BCUT2D eigenvalue weighted by Crippen LogP contribution is 2.40. The number of carbonyl (C=O) groups excluding carboxylic acids is 1. The molecular formula is C16H17N7O2. The molecule has 128 valence electrons. The molecule has 1 unspecified atom stereocenters. The van der Waals surface area contributed by atoms with Crippen molar-refractivity contribution >= 4 is 11.7 Å². The molecule has 4 heterocycles. The maximum Gasteiger partial charge on any atom is 0.252 e. The molecule has 3 aromatic rings. The third-order valence-electron chi connectivity index (χ3n) is 4.73. The fourth-order valence-corrected chi connectivity index (χ4v) is 3.30. The van der Waals surface area contributed by atoms with Gasteiger partial charge in [0.25, 0.3) is 5.78 Å². The van der Waals surface area contributed by atoms with Crippen molar-refractivity contribution in [2.75, 3.05) is 6.54 Å². The maximum atomic E-state index is 12.8. The van der Waals surface area contributed by atoms with E-state index in [1.165, 1.54) is 0 Å². The number of rotatable bonds is 4. The first-order valence-electron chi connectivity index (χ1n) is 8.57. The zero-order valence-corrected chi connectivity index (χ0v) is 13.6. The van der Waals surface area contributed by atoms with Crippen molar-refractivity contribution in [3.63, 3.8) is 0 Å². The van der Waals surface area contributed by atoms with Crippen molar-refractivity contribution in [2.45, 2.75) is 44.1 Å². The molecule has 0 bridgehead atoms. The first-order chi connectivity index (χ1) is 12.3. The third-order valence-corrected chi connectivity index (χ3v) is 4.73. The monoisotopic (exact) mass is 339 g/mol. The standard InChI is InChI=1S/C16H17N7O2/c24-13(9-12-18-16-17-6-2-8-23(16)20-12)22-7-1-3-11(22)14-19-15(25-21-14)10-4-5-10/h2,6,8,10-11H,1,3-5,7,9H2. The quantitative estimate of drug-likeness (QED) is 0.705. The molecule has 2 aliphatic rings. The number of hydrogen-bond donors (Lipinski definition) is 0. The van der Waals surface area contributed by atoms with E-state index in [2.05, 4.69) is 25.2 Å². The van der Waals surface area contributed by atoms with Crippen LogP contribution < -0.4 is 0 Å². The summed E-state index contributed by atoms with van der Waals surface area (Å²) in [6.45, 7) is 0.697. The van der Waals surface area contributed by atoms with Crippen LogP contribution in [0.2, 0.25) is 0 Å². The summed E-state index contributed by atoms with van der Waals surface area (Å²) in [5, 5.41) is 8.41. The van der Waals surface area contributed by atoms with Crippen molar-refractivity contribution in [2.24, 2.45) is 0 Å². The molecule has 1 saturated heterocycles. The average Bonchev–Trinajstić information content (AvgIpc) is 3.04. The first-order valence-corrected chi connectivity index (χ1v) is 8.57. The van der Waals surface area contributed by atoms with Gasteiger partial charge in [-0.15, -0.1) is 5.10 Å². The summed E-state index contributed by atoms with van der Waals surface area (Å²) in [5.41, 5.74) is 0. The van der Waals surface area contributed by atoms with E-state index in [1.54, 1.807) is 23.0 Å². The van der Waals surface area contributed by atoms with Gasteiger partial charge in [-0.1, -0.05) is 5.16 Å². The van der Waals surface area contributed by atoms with E-state index < -0.39 is 0 Å². The Morgan fingerprint density at radius 2 is 2.20 bits per heavy atom. The Balaban J connectivity index is 1.34. The van der Waals surface area contributed by atoms with Crippen LogP contribution in [0.15, 0.2) is 23.0 Å². The van der Waals surface area contributed by atoms with Gasteiger partial charge in [-0.3, -0.25) is 4.79 Å². The topological polar surface area (TPSA) is 102 Å². The van der Waals surface area contributed by atoms with E-state index >= 15 is 0 Å². The molecule has 25 heavy (non-hydrogen) atoms. The molecule has 5 rings (SSSR count). The number of aromatic nitrogens is 6. The fraction of sp³-hybridized carbons (Fsp3) is 0.500. The van der Waals surface area contributed by atoms with Crippen LogP contribution in [0, 0.1) is 0 Å². The second-order valence-corrected chi connectivity index (χ2v) is 6.58. The Bertz CT molecular complexity index is 896. The average molecular weight is 339 g/mol. The predicted molar refractivity (Wildman–Crippen MR) is 84.4 cm³/mol. The molecule has 3 aromatic heterocycles. The van der Waals surface area contributed by atoms with E-state index in [9.17, 15) is 4.79 Å². The van der Waals surface area contributed by atoms with Crippen LogP contribution in [0.3, 0.4) is 0 Å². The Hall–Kier alpha value is -2.84. The number of carbonyl (C=O) groups is 1. The number of fused-ring (bicyclic) bond motifs is 1. The van der Waals surface area contributed by atoms with Crippen LogP contribution in [-0.2, 0) is 11.2 Å². The molecular weight excluding hydrogens is 322 g/mol. The number of nitrogens with zero attached hydrogens (tertiary/aromatic N) is 7. The van der Waals surface area contributed by atoms with Crippen molar-refractivity contribution in [1.29, 1.82) is 0 Å². The molecule has 1 aliphatic carbocycles. The highest BCUT2D eigenvalue weighted by atomic mass is 16.5. The zero-order chi connectivity index (χ0) is 16.8. The normalized spacial score (nSPS) is 20.5. The molecule has 0 spiro atoms. The van der Waals surface area contributed by atoms with Crippen LogP contribution in [-0.4, -0.2) is 47.1 Å². The number of likely N-dealkylation sites (tertiary alicyclic amines) is 1. The molecule has 1 saturated carbocycles. The maximum absolute atomic E-state index is 12.8. The van der Waals surface area contributed by atoms with Gasteiger partial charge in [-0.2, -0.15) is 9.97 Å². The van der Waals surface area contributed by atoms with Crippen LogP contribution in [0.4, 0.5) is 0 Å². The first kappa shape index (κ1) is 14.5. The van der Waals surface area contributed by atoms with Crippen molar-refractivity contribution in [3.05, 3.63) is 36.0 Å². The minimum Gasteiger partial charge on any atom is -0.339 e. The van der Waals surface area contributed by atoms with Crippen molar-refractivity contribution in [3.8, 4) is 0 Å². The smallest absolute Gasteiger partial charge is 0.252 e. The van der Waals surface area contributed by atoms with Gasteiger partial charge in [0, 0.05) is 24.9 Å². The zero-order valence-electron chi connectivity index (χ0n) is 13.6. The molecule has 1 atom stereocenters.